The van der Waals surface area contributed by atoms with E-state index in [0.717, 1.165) is 23.2 Å². The fourth-order valence-electron chi connectivity index (χ4n) is 3.38. The number of nitrogens with one attached hydrogen (secondary N) is 1. The Bertz CT molecular complexity index is 858. The van der Waals surface area contributed by atoms with Crippen LogP contribution < -0.4 is 10.2 Å². The number of rotatable bonds is 4. The van der Waals surface area contributed by atoms with Gasteiger partial charge >= 0.3 is 0 Å². The molecule has 1 fully saturated rings. The highest BCUT2D eigenvalue weighted by Crippen LogP contribution is 2.35. The lowest BCUT2D eigenvalue weighted by molar-refractivity contribution is 0.0903. The van der Waals surface area contributed by atoms with Gasteiger partial charge in [0.2, 0.25) is 0 Å². The van der Waals surface area contributed by atoms with Gasteiger partial charge in [-0.2, -0.15) is 5.26 Å². The molecule has 1 aromatic carbocycles. The Kier molecular flexibility index (Phi) is 4.92. The number of aryl methyl sites for hydroxylation is 1. The number of carbonyl (C=O) groups is 1. The molecule has 0 spiro atoms. The highest BCUT2D eigenvalue weighted by Gasteiger charge is 2.39. The van der Waals surface area contributed by atoms with Crippen molar-refractivity contribution in [2.24, 2.45) is 0 Å². The molecule has 8 heteroatoms. The first-order chi connectivity index (χ1) is 12.3. The monoisotopic (exact) mass is 376 g/mol. The lowest BCUT2D eigenvalue weighted by Gasteiger charge is -2.28. The topological polar surface area (TPSA) is 69.0 Å². The third-order valence-electron chi connectivity index (χ3n) is 4.58. The molecule has 1 amide bonds. The normalized spacial score (nSPS) is 22.0. The Balaban J connectivity index is 1.73. The van der Waals surface area contributed by atoms with Crippen molar-refractivity contribution in [1.29, 1.82) is 5.26 Å². The molecule has 26 heavy (non-hydrogen) atoms. The van der Waals surface area contributed by atoms with Crippen LogP contribution in [0.3, 0.4) is 0 Å². The molecule has 136 valence electrons. The van der Waals surface area contributed by atoms with Gasteiger partial charge in [-0.15, -0.1) is 11.3 Å². The molecule has 1 saturated carbocycles. The zero-order valence-corrected chi connectivity index (χ0v) is 15.2. The van der Waals surface area contributed by atoms with Crippen molar-refractivity contribution in [3.8, 4) is 6.19 Å². The molecule has 1 heterocycles. The summed E-state index contributed by atoms with van der Waals surface area (Å²) in [6.45, 7) is 3.74. The zero-order chi connectivity index (χ0) is 18.9. The van der Waals surface area contributed by atoms with Crippen molar-refractivity contribution in [3.05, 3.63) is 45.9 Å². The van der Waals surface area contributed by atoms with Crippen LogP contribution in [0.25, 0.3) is 0 Å². The number of nitrogens with zero attached hydrogens (tertiary/aromatic N) is 3. The Labute approximate surface area is 154 Å². The molecule has 0 radical (unpaired) electrons. The van der Waals surface area contributed by atoms with Crippen LogP contribution >= 0.6 is 11.3 Å². The van der Waals surface area contributed by atoms with Crippen molar-refractivity contribution in [2.75, 3.05) is 4.90 Å². The van der Waals surface area contributed by atoms with Crippen LogP contribution in [0.15, 0.2) is 23.6 Å². The predicted molar refractivity (Wildman–Crippen MR) is 94.8 cm³/mol. The SMILES string of the molecule is Cc1nc(C(=O)NC2(C)CCC(N(C#N)c3cc(F)cc(F)c3)C2)cs1. The summed E-state index contributed by atoms with van der Waals surface area (Å²) in [6, 6.07) is 2.80. The van der Waals surface area contributed by atoms with E-state index in [1.54, 1.807) is 5.38 Å². The highest BCUT2D eigenvalue weighted by atomic mass is 32.1. The van der Waals surface area contributed by atoms with E-state index in [0.29, 0.717) is 25.0 Å². The number of anilines is 1. The van der Waals surface area contributed by atoms with Gasteiger partial charge < -0.3 is 5.32 Å². The molecule has 0 bridgehead atoms. The van der Waals surface area contributed by atoms with E-state index in [4.69, 9.17) is 0 Å². The van der Waals surface area contributed by atoms with E-state index < -0.39 is 17.2 Å². The first kappa shape index (κ1) is 18.3. The second kappa shape index (κ2) is 7.00. The fraction of sp³-hybridized carbons (Fsp3) is 0.389. The molecule has 1 aliphatic rings. The van der Waals surface area contributed by atoms with Gasteiger partial charge in [0, 0.05) is 23.0 Å². The van der Waals surface area contributed by atoms with E-state index in [1.807, 2.05) is 20.0 Å². The first-order valence-corrected chi connectivity index (χ1v) is 9.07. The number of thiazole rings is 1. The van der Waals surface area contributed by atoms with Gasteiger partial charge in [-0.3, -0.25) is 9.69 Å². The van der Waals surface area contributed by atoms with Gasteiger partial charge in [-0.25, -0.2) is 13.8 Å². The molecule has 1 aromatic heterocycles. The standard InChI is InChI=1S/C18H18F2N4OS/c1-11-22-16(9-26-11)17(25)23-18(2)4-3-14(8-18)24(10-21)15-6-12(19)5-13(20)7-15/h5-7,9,14H,3-4,8H2,1-2H3,(H,23,25). The van der Waals surface area contributed by atoms with Crippen molar-refractivity contribution in [3.63, 3.8) is 0 Å². The van der Waals surface area contributed by atoms with Crippen LogP contribution in [0.2, 0.25) is 0 Å². The van der Waals surface area contributed by atoms with Gasteiger partial charge in [-0.05, 0) is 45.2 Å². The summed E-state index contributed by atoms with van der Waals surface area (Å²) in [5, 5.41) is 15.0. The summed E-state index contributed by atoms with van der Waals surface area (Å²) in [5.41, 5.74) is 0.0440. The van der Waals surface area contributed by atoms with E-state index in [-0.39, 0.29) is 17.6 Å². The minimum atomic E-state index is -0.729. The maximum atomic E-state index is 13.5. The molecule has 0 aliphatic heterocycles. The third kappa shape index (κ3) is 3.83. The molecule has 5 nitrogen and oxygen atoms in total. The second-order valence-electron chi connectivity index (χ2n) is 6.76. The average Bonchev–Trinajstić information content (AvgIpc) is 3.14. The quantitative estimate of drug-likeness (QED) is 0.652. The maximum Gasteiger partial charge on any atom is 0.271 e. The number of halogens is 2. The van der Waals surface area contributed by atoms with Gasteiger partial charge in [0.1, 0.15) is 17.3 Å². The summed E-state index contributed by atoms with van der Waals surface area (Å²) in [7, 11) is 0. The molecule has 2 aromatic rings. The number of aromatic nitrogens is 1. The minimum Gasteiger partial charge on any atom is -0.345 e. The lowest BCUT2D eigenvalue weighted by Crippen LogP contribution is -2.45. The smallest absolute Gasteiger partial charge is 0.271 e. The molecular formula is C18H18F2N4OS. The average molecular weight is 376 g/mol. The van der Waals surface area contributed by atoms with Gasteiger partial charge in [0.15, 0.2) is 6.19 Å². The molecule has 0 saturated heterocycles. The third-order valence-corrected chi connectivity index (χ3v) is 5.35. The summed E-state index contributed by atoms with van der Waals surface area (Å²) < 4.78 is 27.0. The van der Waals surface area contributed by atoms with Crippen LogP contribution in [-0.2, 0) is 0 Å². The summed E-state index contributed by atoms with van der Waals surface area (Å²) in [4.78, 5) is 17.9. The van der Waals surface area contributed by atoms with Crippen LogP contribution in [-0.4, -0.2) is 22.5 Å². The Morgan fingerprint density at radius 3 is 2.69 bits per heavy atom. The second-order valence-corrected chi connectivity index (χ2v) is 7.82. The molecule has 2 atom stereocenters. The largest absolute Gasteiger partial charge is 0.345 e. The Morgan fingerprint density at radius 2 is 2.12 bits per heavy atom. The van der Waals surface area contributed by atoms with Crippen molar-refractivity contribution < 1.29 is 13.6 Å². The minimum absolute atomic E-state index is 0.181. The number of carbonyl (C=O) groups excluding carboxylic acids is 1. The predicted octanol–water partition coefficient (Wildman–Crippen LogP) is 3.76. The molecule has 1 N–H and O–H groups in total. The number of hydrogen-bond acceptors (Lipinski definition) is 5. The fourth-order valence-corrected chi connectivity index (χ4v) is 3.97. The highest BCUT2D eigenvalue weighted by molar-refractivity contribution is 7.09. The lowest BCUT2D eigenvalue weighted by atomic mass is 9.99. The number of amides is 1. The number of hydrogen-bond donors (Lipinski definition) is 1. The van der Waals surface area contributed by atoms with Crippen molar-refractivity contribution in [2.45, 2.75) is 44.7 Å². The van der Waals surface area contributed by atoms with Crippen LogP contribution in [0.1, 0.15) is 41.7 Å². The molecule has 1 aliphatic carbocycles. The molecular weight excluding hydrogens is 358 g/mol. The van der Waals surface area contributed by atoms with E-state index in [2.05, 4.69) is 10.3 Å². The summed E-state index contributed by atoms with van der Waals surface area (Å²) in [6.07, 6.45) is 3.79. The van der Waals surface area contributed by atoms with Crippen LogP contribution in [0.5, 0.6) is 0 Å². The zero-order valence-electron chi connectivity index (χ0n) is 14.4. The maximum absolute atomic E-state index is 13.5. The van der Waals surface area contributed by atoms with Crippen molar-refractivity contribution in [1.82, 2.24) is 10.3 Å². The number of nitriles is 1. The van der Waals surface area contributed by atoms with Crippen molar-refractivity contribution >= 4 is 22.9 Å². The van der Waals surface area contributed by atoms with Crippen LogP contribution in [0.4, 0.5) is 14.5 Å². The Hall–Kier alpha value is -2.53. The van der Waals surface area contributed by atoms with E-state index in [9.17, 15) is 18.8 Å². The van der Waals surface area contributed by atoms with Crippen LogP contribution in [0, 0.1) is 30.0 Å². The molecule has 3 rings (SSSR count). The summed E-state index contributed by atoms with van der Waals surface area (Å²) in [5.74, 6) is -1.71. The van der Waals surface area contributed by atoms with Gasteiger partial charge in [0.05, 0.1) is 10.7 Å². The number of benzene rings is 1. The van der Waals surface area contributed by atoms with E-state index >= 15 is 0 Å². The first-order valence-electron chi connectivity index (χ1n) is 8.19. The molecule has 2 unspecified atom stereocenters. The van der Waals surface area contributed by atoms with Gasteiger partial charge in [-0.1, -0.05) is 0 Å². The van der Waals surface area contributed by atoms with Gasteiger partial charge in [0.25, 0.3) is 5.91 Å². The summed E-state index contributed by atoms with van der Waals surface area (Å²) >= 11 is 1.40. The Morgan fingerprint density at radius 1 is 1.42 bits per heavy atom. The van der Waals surface area contributed by atoms with E-state index in [1.165, 1.54) is 16.2 Å².